The van der Waals surface area contributed by atoms with Crippen LogP contribution in [-0.4, -0.2) is 43.4 Å². The molecule has 1 aliphatic heterocycles. The van der Waals surface area contributed by atoms with Gasteiger partial charge in [0.1, 0.15) is 0 Å². The molecule has 0 radical (unpaired) electrons. The average Bonchev–Trinajstić information content (AvgIpc) is 3.38. The van der Waals surface area contributed by atoms with Gasteiger partial charge >= 0.3 is 0 Å². The van der Waals surface area contributed by atoms with E-state index in [1.165, 1.54) is 18.9 Å². The fourth-order valence-electron chi connectivity index (χ4n) is 3.66. The summed E-state index contributed by atoms with van der Waals surface area (Å²) in [6, 6.07) is 17.0. The van der Waals surface area contributed by atoms with E-state index in [0.717, 1.165) is 35.7 Å². The molecule has 0 saturated carbocycles. The first kappa shape index (κ1) is 21.4. The van der Waals surface area contributed by atoms with Crippen LogP contribution in [-0.2, 0) is 4.79 Å². The Kier molecular flexibility index (Phi) is 6.65. The maximum atomic E-state index is 12.4. The Hall–Kier alpha value is -3.87. The van der Waals surface area contributed by atoms with Gasteiger partial charge in [0.05, 0.1) is 19.9 Å². The molecule has 1 aliphatic rings. The zero-order valence-electron chi connectivity index (χ0n) is 18.2. The minimum atomic E-state index is -0.229. The van der Waals surface area contributed by atoms with E-state index in [2.05, 4.69) is 20.4 Å². The molecule has 1 amide bonds. The third kappa shape index (κ3) is 5.06. The molecule has 7 nitrogen and oxygen atoms in total. The lowest BCUT2D eigenvalue weighted by molar-refractivity contribution is -0.111. The van der Waals surface area contributed by atoms with Crippen molar-refractivity contribution < 1.29 is 14.3 Å². The van der Waals surface area contributed by atoms with Crippen LogP contribution in [0.3, 0.4) is 0 Å². The van der Waals surface area contributed by atoms with Gasteiger partial charge < -0.3 is 19.7 Å². The predicted molar refractivity (Wildman–Crippen MR) is 126 cm³/mol. The van der Waals surface area contributed by atoms with Gasteiger partial charge in [0.2, 0.25) is 5.91 Å². The molecular weight excluding hydrogens is 404 g/mol. The number of hydrogen-bond donors (Lipinski definition) is 1. The van der Waals surface area contributed by atoms with Crippen molar-refractivity contribution in [3.05, 3.63) is 66.2 Å². The maximum absolute atomic E-state index is 12.4. The van der Waals surface area contributed by atoms with E-state index < -0.39 is 0 Å². The largest absolute Gasteiger partial charge is 0.493 e. The summed E-state index contributed by atoms with van der Waals surface area (Å²) in [5.74, 6) is 1.94. The summed E-state index contributed by atoms with van der Waals surface area (Å²) >= 11 is 0. The van der Waals surface area contributed by atoms with Gasteiger partial charge in [-0.3, -0.25) is 4.79 Å². The Bertz CT molecular complexity index is 1110. The molecule has 32 heavy (non-hydrogen) atoms. The Morgan fingerprint density at radius 2 is 1.78 bits per heavy atom. The highest BCUT2D eigenvalue weighted by atomic mass is 16.5. The highest BCUT2D eigenvalue weighted by Gasteiger charge is 2.14. The van der Waals surface area contributed by atoms with E-state index >= 15 is 0 Å². The number of amides is 1. The molecule has 0 atom stereocenters. The Morgan fingerprint density at radius 1 is 0.969 bits per heavy atom. The van der Waals surface area contributed by atoms with Crippen LogP contribution in [0.2, 0.25) is 0 Å². The van der Waals surface area contributed by atoms with Crippen molar-refractivity contribution in [2.75, 3.05) is 37.5 Å². The quantitative estimate of drug-likeness (QED) is 0.560. The average molecular weight is 431 g/mol. The first-order valence-electron chi connectivity index (χ1n) is 10.6. The number of nitrogens with zero attached hydrogens (tertiary/aromatic N) is 3. The van der Waals surface area contributed by atoms with Crippen molar-refractivity contribution in [1.82, 2.24) is 10.2 Å². The Labute approximate surface area is 187 Å². The predicted octanol–water partition coefficient (Wildman–Crippen LogP) is 4.41. The van der Waals surface area contributed by atoms with Crippen molar-refractivity contribution in [2.24, 2.45) is 0 Å². The lowest BCUT2D eigenvalue weighted by Gasteiger charge is -2.15. The number of rotatable bonds is 7. The molecule has 2 heterocycles. The number of methoxy groups -OCH3 is 2. The highest BCUT2D eigenvalue weighted by Crippen LogP contribution is 2.28. The Balaban J connectivity index is 1.42. The molecule has 7 heteroatoms. The monoisotopic (exact) mass is 430 g/mol. The second-order valence-corrected chi connectivity index (χ2v) is 7.49. The van der Waals surface area contributed by atoms with E-state index in [9.17, 15) is 4.79 Å². The van der Waals surface area contributed by atoms with Gasteiger partial charge in [0.25, 0.3) is 0 Å². The van der Waals surface area contributed by atoms with Gasteiger partial charge in [-0.25, -0.2) is 0 Å². The number of aromatic nitrogens is 2. The van der Waals surface area contributed by atoms with Crippen molar-refractivity contribution in [2.45, 2.75) is 12.8 Å². The first-order chi connectivity index (χ1) is 15.7. The second kappa shape index (κ2) is 9.96. The summed E-state index contributed by atoms with van der Waals surface area (Å²) < 4.78 is 10.5. The van der Waals surface area contributed by atoms with Gasteiger partial charge in [0, 0.05) is 30.4 Å². The third-order valence-electron chi connectivity index (χ3n) is 5.34. The van der Waals surface area contributed by atoms with Crippen LogP contribution in [0.25, 0.3) is 17.3 Å². The van der Waals surface area contributed by atoms with Gasteiger partial charge in [-0.05, 0) is 60.9 Å². The zero-order valence-corrected chi connectivity index (χ0v) is 18.2. The van der Waals surface area contributed by atoms with Crippen LogP contribution < -0.4 is 19.7 Å². The summed E-state index contributed by atoms with van der Waals surface area (Å²) in [6.07, 6.45) is 5.61. The van der Waals surface area contributed by atoms with E-state index in [-0.39, 0.29) is 5.91 Å². The van der Waals surface area contributed by atoms with Crippen LogP contribution in [0.1, 0.15) is 18.4 Å². The first-order valence-corrected chi connectivity index (χ1v) is 10.6. The molecule has 2 aromatic carbocycles. The lowest BCUT2D eigenvalue weighted by Crippen LogP contribution is -2.19. The van der Waals surface area contributed by atoms with Crippen molar-refractivity contribution >= 4 is 23.5 Å². The van der Waals surface area contributed by atoms with Crippen LogP contribution in [0, 0.1) is 0 Å². The van der Waals surface area contributed by atoms with E-state index in [4.69, 9.17) is 9.47 Å². The summed E-state index contributed by atoms with van der Waals surface area (Å²) in [5.41, 5.74) is 3.19. The topological polar surface area (TPSA) is 76.6 Å². The van der Waals surface area contributed by atoms with Gasteiger partial charge in [-0.15, -0.1) is 10.2 Å². The molecule has 0 unspecified atom stereocenters. The minimum absolute atomic E-state index is 0.229. The van der Waals surface area contributed by atoms with Crippen molar-refractivity contribution in [1.29, 1.82) is 0 Å². The number of nitrogens with one attached hydrogen (secondary N) is 1. The SMILES string of the molecule is COc1ccc(/C=C/C(=O)Nc2cccc(-c3ccc(N4CCCC4)nn3)c2)cc1OC. The number of ether oxygens (including phenoxy) is 2. The summed E-state index contributed by atoms with van der Waals surface area (Å²) in [6.45, 7) is 2.07. The van der Waals surface area contributed by atoms with E-state index in [1.54, 1.807) is 26.4 Å². The van der Waals surface area contributed by atoms with E-state index in [0.29, 0.717) is 17.2 Å². The fraction of sp³-hybridized carbons (Fsp3) is 0.240. The van der Waals surface area contributed by atoms with Gasteiger partial charge in [-0.2, -0.15) is 0 Å². The maximum Gasteiger partial charge on any atom is 0.248 e. The molecule has 0 spiro atoms. The van der Waals surface area contributed by atoms with Crippen LogP contribution in [0.5, 0.6) is 11.5 Å². The molecule has 0 bridgehead atoms. The standard InChI is InChI=1S/C25H26N4O3/c1-31-22-11-8-18(16-23(22)32-2)9-13-25(30)26-20-7-5-6-19(17-20)21-10-12-24(28-27-21)29-14-3-4-15-29/h5-13,16-17H,3-4,14-15H2,1-2H3,(H,26,30)/b13-9+. The van der Waals surface area contributed by atoms with Crippen LogP contribution in [0.4, 0.5) is 11.5 Å². The van der Waals surface area contributed by atoms with Crippen LogP contribution >= 0.6 is 0 Å². The zero-order chi connectivity index (χ0) is 22.3. The summed E-state index contributed by atoms with van der Waals surface area (Å²) in [7, 11) is 3.16. The van der Waals surface area contributed by atoms with Gasteiger partial charge in [0.15, 0.2) is 17.3 Å². The molecule has 1 aromatic heterocycles. The van der Waals surface area contributed by atoms with Crippen molar-refractivity contribution in [3.8, 4) is 22.8 Å². The minimum Gasteiger partial charge on any atom is -0.493 e. The number of carbonyl (C=O) groups excluding carboxylic acids is 1. The Morgan fingerprint density at radius 3 is 2.50 bits per heavy atom. The summed E-state index contributed by atoms with van der Waals surface area (Å²) in [4.78, 5) is 14.7. The normalized spacial score (nSPS) is 13.4. The third-order valence-corrected chi connectivity index (χ3v) is 5.34. The highest BCUT2D eigenvalue weighted by molar-refractivity contribution is 6.02. The molecule has 1 saturated heterocycles. The number of benzene rings is 2. The molecule has 164 valence electrons. The van der Waals surface area contributed by atoms with Gasteiger partial charge in [-0.1, -0.05) is 18.2 Å². The second-order valence-electron chi connectivity index (χ2n) is 7.49. The fourth-order valence-corrected chi connectivity index (χ4v) is 3.66. The smallest absolute Gasteiger partial charge is 0.248 e. The van der Waals surface area contributed by atoms with Crippen molar-refractivity contribution in [3.63, 3.8) is 0 Å². The molecule has 0 aliphatic carbocycles. The molecule has 4 rings (SSSR count). The molecule has 1 fully saturated rings. The molecule has 3 aromatic rings. The summed E-state index contributed by atoms with van der Waals surface area (Å²) in [5, 5.41) is 11.6. The molecular formula is C25H26N4O3. The van der Waals surface area contributed by atoms with E-state index in [1.807, 2.05) is 48.5 Å². The number of anilines is 2. The van der Waals surface area contributed by atoms with Crippen LogP contribution in [0.15, 0.2) is 60.7 Å². The molecule has 1 N–H and O–H groups in total. The number of carbonyl (C=O) groups is 1. The number of hydrogen-bond acceptors (Lipinski definition) is 6. The lowest BCUT2D eigenvalue weighted by atomic mass is 10.1.